The Kier molecular flexibility index (Phi) is 6.21. The molecule has 9 heteroatoms. The normalized spacial score (nSPS) is 10.7. The van der Waals surface area contributed by atoms with E-state index in [1.165, 1.54) is 17.7 Å². The maximum atomic E-state index is 12.5. The minimum Gasteiger partial charge on any atom is -0.486 e. The number of nitro groups is 1. The van der Waals surface area contributed by atoms with Crippen LogP contribution in [-0.2, 0) is 13.2 Å². The summed E-state index contributed by atoms with van der Waals surface area (Å²) in [6.45, 7) is 4.36. The van der Waals surface area contributed by atoms with Crippen molar-refractivity contribution >= 4 is 17.3 Å². The van der Waals surface area contributed by atoms with Crippen molar-refractivity contribution in [3.8, 4) is 5.75 Å². The van der Waals surface area contributed by atoms with Crippen molar-refractivity contribution in [2.45, 2.75) is 27.0 Å². The first-order valence-electron chi connectivity index (χ1n) is 10.2. The Labute approximate surface area is 189 Å². The zero-order valence-corrected chi connectivity index (χ0v) is 18.1. The summed E-state index contributed by atoms with van der Waals surface area (Å²) in [6.07, 6.45) is 3.33. The van der Waals surface area contributed by atoms with Gasteiger partial charge in [0.05, 0.1) is 23.4 Å². The van der Waals surface area contributed by atoms with Crippen LogP contribution in [0.4, 0.5) is 11.4 Å². The highest BCUT2D eigenvalue weighted by Crippen LogP contribution is 2.24. The summed E-state index contributed by atoms with van der Waals surface area (Å²) >= 11 is 0. The third-order valence-corrected chi connectivity index (χ3v) is 4.99. The quantitative estimate of drug-likeness (QED) is 0.305. The first kappa shape index (κ1) is 21.8. The van der Waals surface area contributed by atoms with Crippen LogP contribution in [-0.4, -0.2) is 20.6 Å². The van der Waals surface area contributed by atoms with Crippen molar-refractivity contribution in [3.05, 3.63) is 105 Å². The smallest absolute Gasteiger partial charge is 0.291 e. The fraction of sp³-hybridized carbons (Fsp3) is 0.167. The third-order valence-electron chi connectivity index (χ3n) is 4.99. The number of hydrogen-bond donors (Lipinski definition) is 1. The molecule has 2 aromatic carbocycles. The van der Waals surface area contributed by atoms with Crippen LogP contribution in [0.1, 0.15) is 33.0 Å². The Bertz CT molecular complexity index is 1290. The lowest BCUT2D eigenvalue weighted by molar-refractivity contribution is -0.385. The monoisotopic (exact) mass is 446 g/mol. The zero-order valence-electron chi connectivity index (χ0n) is 18.1. The highest BCUT2D eigenvalue weighted by molar-refractivity contribution is 6.02. The van der Waals surface area contributed by atoms with Crippen LogP contribution in [0.15, 0.2) is 71.4 Å². The number of carbonyl (C=O) groups is 1. The SMILES string of the molecule is Cc1ccc(Cn2cc(NC(=O)c3ccc(COc4ccc([N+](=O)[O-])c(C)c4)o3)cn2)cc1. The van der Waals surface area contributed by atoms with Gasteiger partial charge in [-0.25, -0.2) is 0 Å². The maximum Gasteiger partial charge on any atom is 0.291 e. The molecule has 33 heavy (non-hydrogen) atoms. The molecule has 0 aliphatic heterocycles. The third kappa shape index (κ3) is 5.45. The standard InChI is InChI=1S/C24H22N4O5/c1-16-3-5-18(6-4-16)13-27-14-19(12-25-27)26-24(29)23-10-8-21(33-23)15-32-20-7-9-22(28(30)31)17(2)11-20/h3-12,14H,13,15H2,1-2H3,(H,26,29). The molecule has 0 unspecified atom stereocenters. The van der Waals surface area contributed by atoms with Crippen molar-refractivity contribution in [1.82, 2.24) is 9.78 Å². The van der Waals surface area contributed by atoms with E-state index in [2.05, 4.69) is 10.4 Å². The van der Waals surface area contributed by atoms with Crippen LogP contribution in [0.5, 0.6) is 5.75 Å². The van der Waals surface area contributed by atoms with Gasteiger partial charge < -0.3 is 14.5 Å². The number of hydrogen-bond acceptors (Lipinski definition) is 6. The first-order valence-corrected chi connectivity index (χ1v) is 10.2. The van der Waals surface area contributed by atoms with Crippen LogP contribution < -0.4 is 10.1 Å². The Balaban J connectivity index is 1.32. The second kappa shape index (κ2) is 9.39. The molecule has 0 fully saturated rings. The predicted molar refractivity (Wildman–Crippen MR) is 121 cm³/mol. The number of aromatic nitrogens is 2. The number of nitro benzene ring substituents is 1. The van der Waals surface area contributed by atoms with Crippen LogP contribution in [0.25, 0.3) is 0 Å². The summed E-state index contributed by atoms with van der Waals surface area (Å²) < 4.78 is 12.9. The number of nitrogens with one attached hydrogen (secondary N) is 1. The molecule has 9 nitrogen and oxygen atoms in total. The van der Waals surface area contributed by atoms with Gasteiger partial charge in [0.25, 0.3) is 11.6 Å². The van der Waals surface area contributed by atoms with Crippen LogP contribution >= 0.6 is 0 Å². The maximum absolute atomic E-state index is 12.5. The Morgan fingerprint density at radius 1 is 1.15 bits per heavy atom. The lowest BCUT2D eigenvalue weighted by atomic mass is 10.1. The van der Waals surface area contributed by atoms with Gasteiger partial charge >= 0.3 is 0 Å². The fourth-order valence-corrected chi connectivity index (χ4v) is 3.24. The Hall–Kier alpha value is -4.40. The number of ether oxygens (including phenoxy) is 1. The van der Waals surface area contributed by atoms with Gasteiger partial charge in [0, 0.05) is 17.8 Å². The van der Waals surface area contributed by atoms with Crippen LogP contribution in [0.2, 0.25) is 0 Å². The lowest BCUT2D eigenvalue weighted by Gasteiger charge is -2.05. The first-order chi connectivity index (χ1) is 15.9. The van der Waals surface area contributed by atoms with Gasteiger partial charge in [-0.1, -0.05) is 29.8 Å². The Morgan fingerprint density at radius 2 is 1.94 bits per heavy atom. The second-order valence-corrected chi connectivity index (χ2v) is 7.63. The molecule has 0 aliphatic rings. The molecule has 2 aromatic heterocycles. The van der Waals surface area contributed by atoms with Gasteiger partial charge in [0.2, 0.25) is 0 Å². The van der Waals surface area contributed by atoms with Crippen molar-refractivity contribution < 1.29 is 18.9 Å². The summed E-state index contributed by atoms with van der Waals surface area (Å²) in [5.74, 6) is 0.662. The average molecular weight is 446 g/mol. The fourth-order valence-electron chi connectivity index (χ4n) is 3.24. The number of nitrogens with zero attached hydrogens (tertiary/aromatic N) is 3. The molecule has 2 heterocycles. The van der Waals surface area contributed by atoms with Gasteiger partial charge in [0.1, 0.15) is 18.1 Å². The number of aryl methyl sites for hydroxylation is 2. The van der Waals surface area contributed by atoms with E-state index in [1.807, 2.05) is 31.2 Å². The number of amides is 1. The zero-order chi connectivity index (χ0) is 23.4. The second-order valence-electron chi connectivity index (χ2n) is 7.63. The number of furan rings is 1. The van der Waals surface area contributed by atoms with Gasteiger partial charge in [0.15, 0.2) is 5.76 Å². The molecule has 0 aliphatic carbocycles. The summed E-state index contributed by atoms with van der Waals surface area (Å²) in [4.78, 5) is 23.0. The van der Waals surface area contributed by atoms with E-state index in [-0.39, 0.29) is 18.1 Å². The highest BCUT2D eigenvalue weighted by Gasteiger charge is 2.14. The van der Waals surface area contributed by atoms with Crippen molar-refractivity contribution in [2.75, 3.05) is 5.32 Å². The van der Waals surface area contributed by atoms with Gasteiger partial charge in [-0.3, -0.25) is 19.6 Å². The van der Waals surface area contributed by atoms with E-state index in [0.717, 1.165) is 5.56 Å². The van der Waals surface area contributed by atoms with Crippen LogP contribution in [0.3, 0.4) is 0 Å². The molecule has 0 atom stereocenters. The van der Waals surface area contributed by atoms with Crippen LogP contribution in [0, 0.1) is 24.0 Å². The summed E-state index contributed by atoms with van der Waals surface area (Å²) in [6, 6.07) is 15.9. The molecule has 4 aromatic rings. The topological polar surface area (TPSA) is 112 Å². The predicted octanol–water partition coefficient (Wildman–Crippen LogP) is 4.88. The van der Waals surface area contributed by atoms with Crippen molar-refractivity contribution in [1.29, 1.82) is 0 Å². The molecule has 4 rings (SSSR count). The number of rotatable bonds is 8. The molecular formula is C24H22N4O5. The molecule has 0 bridgehead atoms. The van der Waals surface area contributed by atoms with E-state index < -0.39 is 10.8 Å². The number of benzene rings is 2. The van der Waals surface area contributed by atoms with E-state index in [9.17, 15) is 14.9 Å². The number of anilines is 1. The molecule has 168 valence electrons. The molecule has 1 amide bonds. The van der Waals surface area contributed by atoms with Gasteiger partial charge in [-0.2, -0.15) is 5.10 Å². The minimum absolute atomic E-state index is 0.0292. The van der Waals surface area contributed by atoms with Gasteiger partial charge in [-0.05, 0) is 43.7 Å². The number of carbonyl (C=O) groups excluding carboxylic acids is 1. The molecular weight excluding hydrogens is 424 g/mol. The summed E-state index contributed by atoms with van der Waals surface area (Å²) in [5, 5.41) is 18.0. The Morgan fingerprint density at radius 3 is 2.67 bits per heavy atom. The summed E-state index contributed by atoms with van der Waals surface area (Å²) in [5.41, 5.74) is 3.39. The van der Waals surface area contributed by atoms with E-state index in [1.54, 1.807) is 42.2 Å². The largest absolute Gasteiger partial charge is 0.486 e. The van der Waals surface area contributed by atoms with Crippen molar-refractivity contribution in [2.24, 2.45) is 0 Å². The van der Waals surface area contributed by atoms with E-state index >= 15 is 0 Å². The van der Waals surface area contributed by atoms with E-state index in [4.69, 9.17) is 9.15 Å². The minimum atomic E-state index is -0.442. The molecule has 0 spiro atoms. The van der Waals surface area contributed by atoms with Gasteiger partial charge in [-0.15, -0.1) is 0 Å². The summed E-state index contributed by atoms with van der Waals surface area (Å²) in [7, 11) is 0. The molecule has 0 saturated heterocycles. The molecule has 0 radical (unpaired) electrons. The average Bonchev–Trinajstić information content (AvgIpc) is 3.43. The van der Waals surface area contributed by atoms with Crippen molar-refractivity contribution in [3.63, 3.8) is 0 Å². The highest BCUT2D eigenvalue weighted by atomic mass is 16.6. The lowest BCUT2D eigenvalue weighted by Crippen LogP contribution is -2.10. The van der Waals surface area contributed by atoms with E-state index in [0.29, 0.717) is 29.3 Å². The molecule has 0 saturated carbocycles. The molecule has 1 N–H and O–H groups in total.